The van der Waals surface area contributed by atoms with Crippen LogP contribution in [-0.2, 0) is 6.42 Å². The van der Waals surface area contributed by atoms with Crippen LogP contribution in [0, 0.1) is 5.92 Å². The molecule has 3 atom stereocenters. The van der Waals surface area contributed by atoms with Gasteiger partial charge in [0, 0.05) is 19.2 Å². The summed E-state index contributed by atoms with van der Waals surface area (Å²) in [5, 5.41) is 13.1. The molecule has 1 fully saturated rings. The Bertz CT molecular complexity index is 417. The molecular formula is C17H25NO. The molecule has 1 aromatic rings. The van der Waals surface area contributed by atoms with Crippen LogP contribution in [0.1, 0.15) is 49.1 Å². The summed E-state index contributed by atoms with van der Waals surface area (Å²) in [7, 11) is 0. The minimum absolute atomic E-state index is 0.346. The van der Waals surface area contributed by atoms with Crippen LogP contribution in [0.15, 0.2) is 24.3 Å². The number of fused-ring (bicyclic) bond motifs is 1. The van der Waals surface area contributed by atoms with Crippen LogP contribution in [0.3, 0.4) is 0 Å². The summed E-state index contributed by atoms with van der Waals surface area (Å²) in [6.45, 7) is 1.43. The van der Waals surface area contributed by atoms with Gasteiger partial charge < -0.3 is 10.4 Å². The Morgan fingerprint density at radius 3 is 2.89 bits per heavy atom. The smallest absolute Gasteiger partial charge is 0.0474 e. The van der Waals surface area contributed by atoms with Crippen molar-refractivity contribution in [2.75, 3.05) is 13.2 Å². The van der Waals surface area contributed by atoms with Gasteiger partial charge in [0.05, 0.1) is 0 Å². The first-order chi connectivity index (χ1) is 9.38. The van der Waals surface area contributed by atoms with Gasteiger partial charge in [0.15, 0.2) is 0 Å². The lowest BCUT2D eigenvalue weighted by atomic mass is 9.82. The largest absolute Gasteiger partial charge is 0.396 e. The summed E-state index contributed by atoms with van der Waals surface area (Å²) in [6, 6.07) is 9.46. The van der Waals surface area contributed by atoms with Crippen LogP contribution in [0.4, 0.5) is 0 Å². The van der Waals surface area contributed by atoms with E-state index in [0.717, 1.165) is 6.54 Å². The average Bonchev–Trinajstić information content (AvgIpc) is 2.92. The third-order valence-corrected chi connectivity index (χ3v) is 5.01. The monoisotopic (exact) mass is 259 g/mol. The fourth-order valence-electron chi connectivity index (χ4n) is 3.88. The normalized spacial score (nSPS) is 30.3. The second kappa shape index (κ2) is 6.06. The van der Waals surface area contributed by atoms with Crippen molar-refractivity contribution < 1.29 is 5.11 Å². The maximum Gasteiger partial charge on any atom is 0.0474 e. The molecule has 2 N–H and O–H groups in total. The molecule has 1 saturated carbocycles. The summed E-state index contributed by atoms with van der Waals surface area (Å²) in [6.07, 6.45) is 7.56. The molecule has 0 amide bonds. The van der Waals surface area contributed by atoms with Crippen molar-refractivity contribution in [3.05, 3.63) is 35.4 Å². The molecular weight excluding hydrogens is 234 g/mol. The van der Waals surface area contributed by atoms with Gasteiger partial charge in [0.1, 0.15) is 0 Å². The molecule has 0 aromatic heterocycles. The summed E-state index contributed by atoms with van der Waals surface area (Å²) in [5.74, 6) is 1.16. The molecule has 0 heterocycles. The van der Waals surface area contributed by atoms with Crippen molar-refractivity contribution in [2.45, 2.75) is 50.5 Å². The van der Waals surface area contributed by atoms with E-state index >= 15 is 0 Å². The van der Waals surface area contributed by atoms with E-state index < -0.39 is 0 Å². The Morgan fingerprint density at radius 1 is 1.11 bits per heavy atom. The molecule has 3 unspecified atom stereocenters. The molecule has 3 rings (SSSR count). The van der Waals surface area contributed by atoms with Crippen molar-refractivity contribution in [1.82, 2.24) is 5.32 Å². The lowest BCUT2D eigenvalue weighted by Crippen LogP contribution is -2.37. The lowest BCUT2D eigenvalue weighted by Gasteiger charge is -2.28. The Labute approximate surface area is 116 Å². The standard InChI is InChI=1S/C17H25NO/c19-12-15-8-4-10-17(15)18-11-14-7-3-6-13-5-1-2-9-16(13)14/h1-2,5,9,14-15,17-19H,3-4,6-8,10-12H2. The first kappa shape index (κ1) is 13.1. The molecule has 0 aliphatic heterocycles. The summed E-state index contributed by atoms with van der Waals surface area (Å²) >= 11 is 0. The van der Waals surface area contributed by atoms with Gasteiger partial charge >= 0.3 is 0 Å². The first-order valence-electron chi connectivity index (χ1n) is 7.80. The minimum Gasteiger partial charge on any atom is -0.396 e. The fraction of sp³-hybridized carbons (Fsp3) is 0.647. The minimum atomic E-state index is 0.346. The zero-order valence-electron chi connectivity index (χ0n) is 11.6. The van der Waals surface area contributed by atoms with Gasteiger partial charge in [-0.15, -0.1) is 0 Å². The highest BCUT2D eigenvalue weighted by Gasteiger charge is 2.27. The highest BCUT2D eigenvalue weighted by Crippen LogP contribution is 2.32. The number of rotatable bonds is 4. The van der Waals surface area contributed by atoms with E-state index in [-0.39, 0.29) is 0 Å². The molecule has 2 heteroatoms. The van der Waals surface area contributed by atoms with Gasteiger partial charge in [-0.05, 0) is 55.1 Å². The van der Waals surface area contributed by atoms with Gasteiger partial charge in [-0.25, -0.2) is 0 Å². The molecule has 104 valence electrons. The van der Waals surface area contributed by atoms with Crippen molar-refractivity contribution >= 4 is 0 Å². The van der Waals surface area contributed by atoms with Gasteiger partial charge in [-0.1, -0.05) is 30.7 Å². The Morgan fingerprint density at radius 2 is 2.00 bits per heavy atom. The van der Waals surface area contributed by atoms with Crippen molar-refractivity contribution in [1.29, 1.82) is 0 Å². The van der Waals surface area contributed by atoms with Gasteiger partial charge in [0.25, 0.3) is 0 Å². The van der Waals surface area contributed by atoms with Crippen LogP contribution in [0.5, 0.6) is 0 Å². The average molecular weight is 259 g/mol. The molecule has 2 nitrogen and oxygen atoms in total. The van der Waals surface area contributed by atoms with Crippen LogP contribution in [0.2, 0.25) is 0 Å². The van der Waals surface area contributed by atoms with Gasteiger partial charge in [-0.2, -0.15) is 0 Å². The van der Waals surface area contributed by atoms with E-state index in [2.05, 4.69) is 29.6 Å². The molecule has 0 spiro atoms. The molecule has 2 aliphatic rings. The predicted molar refractivity (Wildman–Crippen MR) is 78.3 cm³/mol. The van der Waals surface area contributed by atoms with Crippen molar-refractivity contribution in [3.63, 3.8) is 0 Å². The number of benzene rings is 1. The summed E-state index contributed by atoms with van der Waals surface area (Å²) < 4.78 is 0. The van der Waals surface area contributed by atoms with Crippen LogP contribution in [0.25, 0.3) is 0 Å². The SMILES string of the molecule is OCC1CCCC1NCC1CCCc2ccccc21. The van der Waals surface area contributed by atoms with E-state index in [0.29, 0.717) is 24.5 Å². The van der Waals surface area contributed by atoms with Crippen molar-refractivity contribution in [3.8, 4) is 0 Å². The number of aliphatic hydroxyl groups excluding tert-OH is 1. The molecule has 0 saturated heterocycles. The number of hydrogen-bond donors (Lipinski definition) is 2. The molecule has 0 radical (unpaired) electrons. The second-order valence-corrected chi connectivity index (χ2v) is 6.18. The number of hydrogen-bond acceptors (Lipinski definition) is 2. The highest BCUT2D eigenvalue weighted by atomic mass is 16.3. The Balaban J connectivity index is 1.62. The second-order valence-electron chi connectivity index (χ2n) is 6.18. The van der Waals surface area contributed by atoms with Gasteiger partial charge in [0.2, 0.25) is 0 Å². The third-order valence-electron chi connectivity index (χ3n) is 5.01. The zero-order chi connectivity index (χ0) is 13.1. The number of nitrogens with one attached hydrogen (secondary N) is 1. The lowest BCUT2D eigenvalue weighted by molar-refractivity contribution is 0.204. The zero-order valence-corrected chi connectivity index (χ0v) is 11.6. The molecule has 19 heavy (non-hydrogen) atoms. The number of aryl methyl sites for hydroxylation is 1. The topological polar surface area (TPSA) is 32.3 Å². The summed E-state index contributed by atoms with van der Waals surface area (Å²) in [4.78, 5) is 0. The van der Waals surface area contributed by atoms with E-state index in [4.69, 9.17) is 0 Å². The maximum absolute atomic E-state index is 9.39. The van der Waals surface area contributed by atoms with Gasteiger partial charge in [-0.3, -0.25) is 0 Å². The van der Waals surface area contributed by atoms with E-state index in [1.807, 2.05) is 0 Å². The number of aliphatic hydroxyl groups is 1. The van der Waals surface area contributed by atoms with E-state index in [1.165, 1.54) is 38.5 Å². The van der Waals surface area contributed by atoms with Crippen molar-refractivity contribution in [2.24, 2.45) is 5.92 Å². The summed E-state index contributed by atoms with van der Waals surface area (Å²) in [5.41, 5.74) is 3.10. The Hall–Kier alpha value is -0.860. The van der Waals surface area contributed by atoms with Crippen LogP contribution in [-0.4, -0.2) is 24.3 Å². The Kier molecular flexibility index (Phi) is 4.19. The predicted octanol–water partition coefficient (Wildman–Crippen LogP) is 2.86. The molecule has 2 aliphatic carbocycles. The van der Waals surface area contributed by atoms with E-state index in [9.17, 15) is 5.11 Å². The highest BCUT2D eigenvalue weighted by molar-refractivity contribution is 5.32. The van der Waals surface area contributed by atoms with E-state index in [1.54, 1.807) is 11.1 Å². The molecule has 0 bridgehead atoms. The van der Waals surface area contributed by atoms with Crippen LogP contribution >= 0.6 is 0 Å². The maximum atomic E-state index is 9.39. The third kappa shape index (κ3) is 2.85. The molecule has 1 aromatic carbocycles. The first-order valence-corrected chi connectivity index (χ1v) is 7.80. The fourth-order valence-corrected chi connectivity index (χ4v) is 3.88. The quantitative estimate of drug-likeness (QED) is 0.871. The van der Waals surface area contributed by atoms with Crippen LogP contribution < -0.4 is 5.32 Å².